The van der Waals surface area contributed by atoms with Crippen LogP contribution in [0.5, 0.6) is 0 Å². The van der Waals surface area contributed by atoms with Crippen molar-refractivity contribution in [2.75, 3.05) is 0 Å². The SMILES string of the molecule is Fc1cccc(-c2c[c]cn3ncnc23)c1. The summed E-state index contributed by atoms with van der Waals surface area (Å²) in [6, 6.07) is 11.1. The molecule has 3 nitrogen and oxygen atoms in total. The fourth-order valence-electron chi connectivity index (χ4n) is 1.66. The molecule has 1 radical (unpaired) electrons. The maximum atomic E-state index is 13.1. The van der Waals surface area contributed by atoms with Crippen LogP contribution < -0.4 is 0 Å². The topological polar surface area (TPSA) is 30.2 Å². The van der Waals surface area contributed by atoms with E-state index in [1.165, 1.54) is 18.5 Å². The highest BCUT2D eigenvalue weighted by atomic mass is 19.1. The molecule has 0 fully saturated rings. The highest BCUT2D eigenvalue weighted by molar-refractivity contribution is 5.76. The second-order valence-electron chi connectivity index (χ2n) is 3.39. The van der Waals surface area contributed by atoms with Gasteiger partial charge in [0, 0.05) is 17.8 Å². The van der Waals surface area contributed by atoms with Gasteiger partial charge in [-0.05, 0) is 23.8 Å². The van der Waals surface area contributed by atoms with Gasteiger partial charge in [0.2, 0.25) is 0 Å². The lowest BCUT2D eigenvalue weighted by atomic mass is 10.1. The van der Waals surface area contributed by atoms with Crippen LogP contribution in [0.2, 0.25) is 0 Å². The standard InChI is InChI=1S/C12H7FN3/c13-10-4-1-3-9(7-10)11-5-2-6-16-12(11)14-8-15-16/h1,3-8H. The smallest absolute Gasteiger partial charge is 0.163 e. The summed E-state index contributed by atoms with van der Waals surface area (Å²) in [6.07, 6.45) is 3.15. The van der Waals surface area contributed by atoms with Crippen molar-refractivity contribution in [1.29, 1.82) is 0 Å². The molecule has 0 bridgehead atoms. The fourth-order valence-corrected chi connectivity index (χ4v) is 1.66. The van der Waals surface area contributed by atoms with Crippen molar-refractivity contribution < 1.29 is 4.39 Å². The molecule has 1 aromatic carbocycles. The molecule has 3 aromatic rings. The van der Waals surface area contributed by atoms with Crippen LogP contribution in [0.15, 0.2) is 42.9 Å². The van der Waals surface area contributed by atoms with Crippen LogP contribution in [0.4, 0.5) is 4.39 Å². The quantitative estimate of drug-likeness (QED) is 0.619. The van der Waals surface area contributed by atoms with E-state index in [0.717, 1.165) is 11.1 Å². The Kier molecular flexibility index (Phi) is 1.93. The molecule has 4 heteroatoms. The molecule has 0 N–H and O–H groups in total. The summed E-state index contributed by atoms with van der Waals surface area (Å²) in [4.78, 5) is 4.13. The van der Waals surface area contributed by atoms with E-state index in [1.54, 1.807) is 22.8 Å². The number of pyridine rings is 1. The number of hydrogen-bond donors (Lipinski definition) is 0. The third-order valence-electron chi connectivity index (χ3n) is 2.37. The van der Waals surface area contributed by atoms with Crippen molar-refractivity contribution >= 4 is 5.65 Å². The van der Waals surface area contributed by atoms with Gasteiger partial charge < -0.3 is 0 Å². The average Bonchev–Trinajstić information content (AvgIpc) is 2.76. The zero-order valence-corrected chi connectivity index (χ0v) is 8.26. The first kappa shape index (κ1) is 9.03. The lowest BCUT2D eigenvalue weighted by molar-refractivity contribution is 0.628. The van der Waals surface area contributed by atoms with E-state index in [1.807, 2.05) is 6.07 Å². The summed E-state index contributed by atoms with van der Waals surface area (Å²) < 4.78 is 14.7. The molecule has 0 amide bonds. The minimum absolute atomic E-state index is 0.265. The Morgan fingerprint density at radius 1 is 1.31 bits per heavy atom. The Labute approximate surface area is 91.2 Å². The van der Waals surface area contributed by atoms with Gasteiger partial charge >= 0.3 is 0 Å². The second-order valence-corrected chi connectivity index (χ2v) is 3.39. The summed E-state index contributed by atoms with van der Waals surface area (Å²) >= 11 is 0. The summed E-state index contributed by atoms with van der Waals surface area (Å²) in [6.45, 7) is 0. The number of nitrogens with zero attached hydrogens (tertiary/aromatic N) is 3. The Balaban J connectivity index is 2.29. The summed E-state index contributed by atoms with van der Waals surface area (Å²) in [5, 5.41) is 4.01. The van der Waals surface area contributed by atoms with Gasteiger partial charge in [-0.3, -0.25) is 0 Å². The van der Waals surface area contributed by atoms with Crippen molar-refractivity contribution in [2.24, 2.45) is 0 Å². The van der Waals surface area contributed by atoms with Gasteiger partial charge in [0.25, 0.3) is 0 Å². The second kappa shape index (κ2) is 3.41. The van der Waals surface area contributed by atoms with Gasteiger partial charge in [0.1, 0.15) is 12.1 Å². The third kappa shape index (κ3) is 1.35. The number of halogens is 1. The molecule has 0 aliphatic rings. The molecule has 0 atom stereocenters. The maximum absolute atomic E-state index is 13.1. The molecule has 0 saturated carbocycles. The van der Waals surface area contributed by atoms with Gasteiger partial charge in [-0.2, -0.15) is 5.10 Å². The van der Waals surface area contributed by atoms with Crippen LogP contribution in [-0.2, 0) is 0 Å². The Morgan fingerprint density at radius 3 is 3.12 bits per heavy atom. The number of benzene rings is 1. The minimum atomic E-state index is -0.265. The molecule has 0 aliphatic heterocycles. The molecule has 0 unspecified atom stereocenters. The minimum Gasteiger partial charge on any atom is -0.220 e. The first-order chi connectivity index (χ1) is 7.84. The zero-order valence-electron chi connectivity index (χ0n) is 8.26. The molecular weight excluding hydrogens is 205 g/mol. The van der Waals surface area contributed by atoms with E-state index in [2.05, 4.69) is 16.1 Å². The molecule has 2 heterocycles. The first-order valence-electron chi connectivity index (χ1n) is 4.80. The number of hydrogen-bond acceptors (Lipinski definition) is 2. The normalized spacial score (nSPS) is 10.8. The maximum Gasteiger partial charge on any atom is 0.163 e. The number of fused-ring (bicyclic) bond motifs is 1. The van der Waals surface area contributed by atoms with Gasteiger partial charge in [-0.25, -0.2) is 13.9 Å². The van der Waals surface area contributed by atoms with Crippen LogP contribution in [0.25, 0.3) is 16.8 Å². The molecule has 3 rings (SSSR count). The zero-order chi connectivity index (χ0) is 11.0. The van der Waals surface area contributed by atoms with E-state index in [-0.39, 0.29) is 5.82 Å². The average molecular weight is 212 g/mol. The molecule has 2 aromatic heterocycles. The van der Waals surface area contributed by atoms with Gasteiger partial charge in [0.05, 0.1) is 0 Å². The Hall–Kier alpha value is -2.23. The number of rotatable bonds is 1. The van der Waals surface area contributed by atoms with Gasteiger partial charge in [0.15, 0.2) is 5.65 Å². The van der Waals surface area contributed by atoms with Crippen LogP contribution in [0.3, 0.4) is 0 Å². The van der Waals surface area contributed by atoms with Crippen molar-refractivity contribution in [3.63, 3.8) is 0 Å². The van der Waals surface area contributed by atoms with Crippen molar-refractivity contribution in [3.05, 3.63) is 54.7 Å². The molecule has 0 aliphatic carbocycles. The van der Waals surface area contributed by atoms with E-state index in [0.29, 0.717) is 5.65 Å². The fraction of sp³-hybridized carbons (Fsp3) is 0. The van der Waals surface area contributed by atoms with E-state index >= 15 is 0 Å². The van der Waals surface area contributed by atoms with Gasteiger partial charge in [-0.1, -0.05) is 12.1 Å². The summed E-state index contributed by atoms with van der Waals surface area (Å²) in [7, 11) is 0. The van der Waals surface area contributed by atoms with Crippen molar-refractivity contribution in [1.82, 2.24) is 14.6 Å². The molecule has 16 heavy (non-hydrogen) atoms. The predicted molar refractivity (Wildman–Crippen MR) is 57.2 cm³/mol. The van der Waals surface area contributed by atoms with Crippen molar-refractivity contribution in [2.45, 2.75) is 0 Å². The largest absolute Gasteiger partial charge is 0.220 e. The van der Waals surface area contributed by atoms with Gasteiger partial charge in [-0.15, -0.1) is 0 Å². The monoisotopic (exact) mass is 212 g/mol. The Morgan fingerprint density at radius 2 is 2.25 bits per heavy atom. The van der Waals surface area contributed by atoms with Crippen LogP contribution in [-0.4, -0.2) is 14.6 Å². The molecular formula is C12H7FN3. The molecule has 0 spiro atoms. The van der Waals surface area contributed by atoms with E-state index < -0.39 is 0 Å². The molecule has 77 valence electrons. The highest BCUT2D eigenvalue weighted by Gasteiger charge is 2.06. The van der Waals surface area contributed by atoms with Crippen LogP contribution >= 0.6 is 0 Å². The molecule has 0 saturated heterocycles. The lowest BCUT2D eigenvalue weighted by Crippen LogP contribution is -1.90. The highest BCUT2D eigenvalue weighted by Crippen LogP contribution is 2.22. The summed E-state index contributed by atoms with van der Waals surface area (Å²) in [5.74, 6) is -0.265. The van der Waals surface area contributed by atoms with Crippen molar-refractivity contribution in [3.8, 4) is 11.1 Å². The first-order valence-corrected chi connectivity index (χ1v) is 4.80. The van der Waals surface area contributed by atoms with Crippen LogP contribution in [0.1, 0.15) is 0 Å². The Bertz CT molecular complexity index is 645. The summed E-state index contributed by atoms with van der Waals surface area (Å²) in [5.41, 5.74) is 2.29. The van der Waals surface area contributed by atoms with E-state index in [4.69, 9.17) is 0 Å². The predicted octanol–water partition coefficient (Wildman–Crippen LogP) is 2.34. The van der Waals surface area contributed by atoms with Crippen LogP contribution in [0, 0.1) is 11.9 Å². The number of aromatic nitrogens is 3. The van der Waals surface area contributed by atoms with E-state index in [9.17, 15) is 4.39 Å². The third-order valence-corrected chi connectivity index (χ3v) is 2.37. The lowest BCUT2D eigenvalue weighted by Gasteiger charge is -2.02.